The first-order chi connectivity index (χ1) is 15.0. The van der Waals surface area contributed by atoms with E-state index < -0.39 is 18.6 Å². The first-order valence-electron chi connectivity index (χ1n) is 9.46. The molecule has 0 heterocycles. The van der Waals surface area contributed by atoms with Gasteiger partial charge in [0.15, 0.2) is 0 Å². The molecule has 0 radical (unpaired) electrons. The number of aliphatic hydroxyl groups excluding tert-OH is 1. The van der Waals surface area contributed by atoms with Gasteiger partial charge < -0.3 is 36.4 Å². The van der Waals surface area contributed by atoms with Crippen LogP contribution >= 0.6 is 0 Å². The van der Waals surface area contributed by atoms with Crippen LogP contribution < -0.4 is 31.3 Å². The minimum absolute atomic E-state index is 0.221. The third-order valence-electron chi connectivity index (χ3n) is 4.34. The Labute approximate surface area is 180 Å². The van der Waals surface area contributed by atoms with Gasteiger partial charge in [0.25, 0.3) is 0 Å². The van der Waals surface area contributed by atoms with Crippen LogP contribution in [0.15, 0.2) is 47.6 Å². The molecule has 166 valence electrons. The molecule has 0 bridgehead atoms. The highest BCUT2D eigenvalue weighted by atomic mass is 16.5. The molecule has 2 amide bonds. The highest BCUT2D eigenvalue weighted by Gasteiger charge is 2.18. The zero-order valence-electron chi connectivity index (χ0n) is 17.4. The van der Waals surface area contributed by atoms with Crippen molar-refractivity contribution in [3.05, 3.63) is 53.6 Å². The molecule has 1 unspecified atom stereocenters. The number of methoxy groups -OCH3 is 2. The largest absolute Gasteiger partial charge is 0.497 e. The highest BCUT2D eigenvalue weighted by Crippen LogP contribution is 2.24. The highest BCUT2D eigenvalue weighted by molar-refractivity contribution is 5.89. The van der Waals surface area contributed by atoms with E-state index >= 15 is 0 Å². The molecule has 0 fully saturated rings. The second kappa shape index (κ2) is 12.0. The summed E-state index contributed by atoms with van der Waals surface area (Å²) in [4.78, 5) is 24.5. The molecular formula is C21H27N5O5. The number of hydrazone groups is 1. The maximum absolute atomic E-state index is 12.3. The van der Waals surface area contributed by atoms with Crippen LogP contribution in [0, 0.1) is 0 Å². The van der Waals surface area contributed by atoms with Crippen LogP contribution in [0.1, 0.15) is 11.1 Å². The Balaban J connectivity index is 1.86. The van der Waals surface area contributed by atoms with Gasteiger partial charge in [-0.05, 0) is 29.8 Å². The van der Waals surface area contributed by atoms with Crippen LogP contribution in [0.5, 0.6) is 11.5 Å². The number of carbonyl (C=O) groups is 2. The molecule has 0 aliphatic carbocycles. The van der Waals surface area contributed by atoms with Gasteiger partial charge in [0.2, 0.25) is 11.8 Å². The normalized spacial score (nSPS) is 11.6. The predicted octanol–water partition coefficient (Wildman–Crippen LogP) is 0.202. The summed E-state index contributed by atoms with van der Waals surface area (Å²) < 4.78 is 10.4. The Hall–Kier alpha value is -3.79. The molecule has 2 aromatic carbocycles. The number of ether oxygens (including phenoxy) is 2. The smallest absolute Gasteiger partial charge is 0.245 e. The minimum Gasteiger partial charge on any atom is -0.497 e. The first-order valence-corrected chi connectivity index (χ1v) is 9.46. The Kier molecular flexibility index (Phi) is 9.12. The van der Waals surface area contributed by atoms with Crippen molar-refractivity contribution in [2.24, 2.45) is 10.9 Å². The molecule has 1 atom stereocenters. The zero-order chi connectivity index (χ0) is 22.6. The van der Waals surface area contributed by atoms with Crippen molar-refractivity contribution in [1.82, 2.24) is 10.6 Å². The molecule has 10 heteroatoms. The van der Waals surface area contributed by atoms with Crippen LogP contribution in [-0.4, -0.2) is 56.5 Å². The van der Waals surface area contributed by atoms with Crippen LogP contribution in [-0.2, 0) is 16.1 Å². The van der Waals surface area contributed by atoms with E-state index in [0.717, 1.165) is 11.1 Å². The topological polar surface area (TPSA) is 147 Å². The average molecular weight is 429 g/mol. The number of hydrogen-bond donors (Lipinski definition) is 5. The van der Waals surface area contributed by atoms with Gasteiger partial charge in [-0.15, -0.1) is 0 Å². The second-order valence-electron chi connectivity index (χ2n) is 6.46. The predicted molar refractivity (Wildman–Crippen MR) is 117 cm³/mol. The summed E-state index contributed by atoms with van der Waals surface area (Å²) in [6.45, 7) is -0.472. The molecule has 31 heavy (non-hydrogen) atoms. The van der Waals surface area contributed by atoms with E-state index in [2.05, 4.69) is 21.1 Å². The molecule has 0 saturated carbocycles. The Morgan fingerprint density at radius 2 is 1.97 bits per heavy atom. The maximum Gasteiger partial charge on any atom is 0.245 e. The van der Waals surface area contributed by atoms with E-state index in [1.807, 2.05) is 0 Å². The average Bonchev–Trinajstić information content (AvgIpc) is 2.79. The molecule has 0 aromatic heterocycles. The molecule has 0 saturated heterocycles. The van der Waals surface area contributed by atoms with Gasteiger partial charge in [-0.1, -0.05) is 12.1 Å². The third-order valence-corrected chi connectivity index (χ3v) is 4.34. The maximum atomic E-state index is 12.3. The molecular weight excluding hydrogens is 402 g/mol. The monoisotopic (exact) mass is 429 g/mol. The van der Waals surface area contributed by atoms with Gasteiger partial charge in [0.1, 0.15) is 17.5 Å². The molecule has 0 spiro atoms. The van der Waals surface area contributed by atoms with E-state index in [-0.39, 0.29) is 19.0 Å². The number of aliphatic hydroxyl groups is 1. The van der Waals surface area contributed by atoms with Crippen LogP contribution in [0.3, 0.4) is 0 Å². The number of benzene rings is 2. The Bertz CT molecular complexity index is 919. The van der Waals surface area contributed by atoms with Crippen molar-refractivity contribution in [2.45, 2.75) is 12.6 Å². The first kappa shape index (κ1) is 23.5. The summed E-state index contributed by atoms with van der Waals surface area (Å²) in [5.41, 5.74) is 2.10. The van der Waals surface area contributed by atoms with Crippen molar-refractivity contribution < 1.29 is 24.2 Å². The van der Waals surface area contributed by atoms with Gasteiger partial charge in [0.05, 0.1) is 33.6 Å². The summed E-state index contributed by atoms with van der Waals surface area (Å²) in [5.74, 6) is 5.46. The van der Waals surface area contributed by atoms with Crippen molar-refractivity contribution in [1.29, 1.82) is 0 Å². The number of rotatable bonds is 11. The lowest BCUT2D eigenvalue weighted by Crippen LogP contribution is -2.45. The molecule has 0 aliphatic rings. The quantitative estimate of drug-likeness (QED) is 0.195. The lowest BCUT2D eigenvalue weighted by Gasteiger charge is -2.17. The van der Waals surface area contributed by atoms with Crippen LogP contribution in [0.4, 0.5) is 5.69 Å². The number of nitrogens with one attached hydrogen (secondary N) is 3. The lowest BCUT2D eigenvalue weighted by atomic mass is 10.2. The minimum atomic E-state index is -0.931. The molecule has 2 aromatic rings. The van der Waals surface area contributed by atoms with Gasteiger partial charge in [0, 0.05) is 23.9 Å². The Morgan fingerprint density at radius 3 is 2.65 bits per heavy atom. The number of amides is 2. The second-order valence-corrected chi connectivity index (χ2v) is 6.46. The molecule has 2 rings (SSSR count). The SMILES string of the molecule is COc1ccc(CNC(=O)CNC(=O)C(CO)Nc2cccc(/C=N/N)c2)c(OC)c1. The van der Waals surface area contributed by atoms with Crippen LogP contribution in [0.25, 0.3) is 0 Å². The number of anilines is 1. The summed E-state index contributed by atoms with van der Waals surface area (Å²) in [7, 11) is 3.08. The lowest BCUT2D eigenvalue weighted by molar-refractivity contribution is -0.127. The zero-order valence-corrected chi connectivity index (χ0v) is 17.4. The van der Waals surface area contributed by atoms with Gasteiger partial charge >= 0.3 is 0 Å². The van der Waals surface area contributed by atoms with Crippen molar-refractivity contribution in [3.63, 3.8) is 0 Å². The molecule has 10 nitrogen and oxygen atoms in total. The van der Waals surface area contributed by atoms with E-state index in [1.165, 1.54) is 13.3 Å². The fraction of sp³-hybridized carbons (Fsp3) is 0.286. The van der Waals surface area contributed by atoms with Crippen molar-refractivity contribution >= 4 is 23.7 Å². The number of nitrogens with two attached hydrogens (primary N) is 1. The Morgan fingerprint density at radius 1 is 1.16 bits per heavy atom. The number of nitrogens with zero attached hydrogens (tertiary/aromatic N) is 1. The van der Waals surface area contributed by atoms with Crippen LogP contribution in [0.2, 0.25) is 0 Å². The fourth-order valence-electron chi connectivity index (χ4n) is 2.73. The van der Waals surface area contributed by atoms with E-state index in [0.29, 0.717) is 17.2 Å². The van der Waals surface area contributed by atoms with E-state index in [4.69, 9.17) is 15.3 Å². The summed E-state index contributed by atoms with van der Waals surface area (Å²) in [5, 5.41) is 21.1. The van der Waals surface area contributed by atoms with Gasteiger partial charge in [-0.25, -0.2) is 0 Å². The summed E-state index contributed by atoms with van der Waals surface area (Å²) >= 11 is 0. The summed E-state index contributed by atoms with van der Waals surface area (Å²) in [6, 6.07) is 11.3. The molecule has 0 aliphatic heterocycles. The summed E-state index contributed by atoms with van der Waals surface area (Å²) in [6.07, 6.45) is 1.46. The third kappa shape index (κ3) is 7.19. The van der Waals surface area contributed by atoms with Gasteiger partial charge in [-0.3, -0.25) is 9.59 Å². The van der Waals surface area contributed by atoms with E-state index in [9.17, 15) is 14.7 Å². The fourth-order valence-corrected chi connectivity index (χ4v) is 2.73. The van der Waals surface area contributed by atoms with Crippen molar-refractivity contribution in [3.8, 4) is 11.5 Å². The van der Waals surface area contributed by atoms with Gasteiger partial charge in [-0.2, -0.15) is 5.10 Å². The van der Waals surface area contributed by atoms with E-state index in [1.54, 1.807) is 49.6 Å². The molecule has 6 N–H and O–H groups in total. The standard InChI is InChI=1S/C21H27N5O5/c1-30-17-7-6-15(19(9-17)31-2)11-23-20(28)12-24-21(29)18(13-27)26-16-5-3-4-14(8-16)10-25-22/h3-10,18,26-27H,11-13,22H2,1-2H3,(H,23,28)(H,24,29)/b25-10+. The number of carbonyl (C=O) groups excluding carboxylic acids is 2. The van der Waals surface area contributed by atoms with Crippen molar-refractivity contribution in [2.75, 3.05) is 32.7 Å². The number of hydrogen-bond acceptors (Lipinski definition) is 8.